The first-order valence-electron chi connectivity index (χ1n) is 8.37. The zero-order valence-electron chi connectivity index (χ0n) is 15.1. The Morgan fingerprint density at radius 3 is 1.97 bits per heavy atom. The fourth-order valence-electron chi connectivity index (χ4n) is 2.67. The molecular formula is C19H15BrF6N2O2. The van der Waals surface area contributed by atoms with E-state index in [1.165, 1.54) is 0 Å². The Labute approximate surface area is 175 Å². The van der Waals surface area contributed by atoms with E-state index in [1.807, 2.05) is 0 Å². The molecule has 11 heteroatoms. The van der Waals surface area contributed by atoms with E-state index in [0.717, 1.165) is 0 Å². The molecule has 0 saturated carbocycles. The van der Waals surface area contributed by atoms with Crippen molar-refractivity contribution >= 4 is 27.7 Å². The number of hydrogen-bond donors (Lipinski definition) is 2. The zero-order valence-corrected chi connectivity index (χ0v) is 16.7. The minimum absolute atomic E-state index is 0.00307. The minimum atomic E-state index is -5.02. The normalized spacial score (nSPS) is 13.0. The molecule has 0 unspecified atom stereocenters. The molecule has 0 radical (unpaired) electrons. The van der Waals surface area contributed by atoms with E-state index >= 15 is 0 Å². The summed E-state index contributed by atoms with van der Waals surface area (Å²) in [4.78, 5) is 23.9. The van der Waals surface area contributed by atoms with Crippen LogP contribution in [-0.4, -0.2) is 17.9 Å². The first kappa shape index (κ1) is 23.7. The number of halogens is 7. The van der Waals surface area contributed by atoms with Crippen LogP contribution in [0.25, 0.3) is 0 Å². The summed E-state index contributed by atoms with van der Waals surface area (Å²) in [5, 5.41) is 2.26. The fraction of sp³-hybridized carbons (Fsp3) is 0.263. The van der Waals surface area contributed by atoms with Crippen molar-refractivity contribution in [2.45, 2.75) is 31.2 Å². The quantitative estimate of drug-likeness (QED) is 0.587. The third-order valence-electron chi connectivity index (χ3n) is 4.02. The average Bonchev–Trinajstić information content (AvgIpc) is 2.59. The summed E-state index contributed by atoms with van der Waals surface area (Å²) in [7, 11) is 0. The van der Waals surface area contributed by atoms with E-state index in [0.29, 0.717) is 22.2 Å². The predicted octanol–water partition coefficient (Wildman–Crippen LogP) is 4.24. The van der Waals surface area contributed by atoms with Crippen LogP contribution in [0.1, 0.15) is 22.3 Å². The van der Waals surface area contributed by atoms with Gasteiger partial charge in [-0.05, 0) is 41.5 Å². The van der Waals surface area contributed by atoms with Gasteiger partial charge in [-0.1, -0.05) is 28.1 Å². The molecule has 162 valence electrons. The van der Waals surface area contributed by atoms with E-state index in [9.17, 15) is 35.9 Å². The molecule has 0 aliphatic carbocycles. The van der Waals surface area contributed by atoms with E-state index in [-0.39, 0.29) is 12.5 Å². The standard InChI is InChI=1S/C19H15BrF6N2O2/c20-14-3-1-2-10(6-14)7-15(17(27)30)28-16(29)8-11-4-12(18(21,22)23)9-13(5-11)19(24,25)26/h1-6,9,15H,7-8H2,(H2,27,30)(H,28,29)/t15-/m1/s1. The van der Waals surface area contributed by atoms with Crippen molar-refractivity contribution in [3.63, 3.8) is 0 Å². The molecule has 1 atom stereocenters. The third kappa shape index (κ3) is 6.75. The number of carbonyl (C=O) groups is 2. The number of nitrogens with two attached hydrogens (primary N) is 1. The van der Waals surface area contributed by atoms with Gasteiger partial charge >= 0.3 is 12.4 Å². The van der Waals surface area contributed by atoms with Gasteiger partial charge in [0.1, 0.15) is 6.04 Å². The first-order valence-corrected chi connectivity index (χ1v) is 9.16. The van der Waals surface area contributed by atoms with Crippen LogP contribution in [0, 0.1) is 0 Å². The number of hydrogen-bond acceptors (Lipinski definition) is 2. The Morgan fingerprint density at radius 2 is 1.50 bits per heavy atom. The first-order chi connectivity index (χ1) is 13.8. The molecule has 0 saturated heterocycles. The molecule has 0 spiro atoms. The van der Waals surface area contributed by atoms with Crippen molar-refractivity contribution in [1.82, 2.24) is 5.32 Å². The van der Waals surface area contributed by atoms with E-state index in [4.69, 9.17) is 5.73 Å². The van der Waals surface area contributed by atoms with Gasteiger partial charge in [0.2, 0.25) is 11.8 Å². The number of benzene rings is 2. The van der Waals surface area contributed by atoms with Crippen LogP contribution in [0.2, 0.25) is 0 Å². The van der Waals surface area contributed by atoms with E-state index in [1.54, 1.807) is 24.3 Å². The van der Waals surface area contributed by atoms with Crippen LogP contribution in [0.3, 0.4) is 0 Å². The van der Waals surface area contributed by atoms with Gasteiger partial charge in [-0.15, -0.1) is 0 Å². The van der Waals surface area contributed by atoms with Gasteiger partial charge in [0.05, 0.1) is 17.5 Å². The van der Waals surface area contributed by atoms with E-state index < -0.39 is 53.3 Å². The lowest BCUT2D eigenvalue weighted by Crippen LogP contribution is -2.46. The summed E-state index contributed by atoms with van der Waals surface area (Å²) >= 11 is 3.24. The van der Waals surface area contributed by atoms with Crippen molar-refractivity contribution < 1.29 is 35.9 Å². The van der Waals surface area contributed by atoms with Crippen molar-refractivity contribution in [3.05, 3.63) is 69.2 Å². The lowest BCUT2D eigenvalue weighted by atomic mass is 10.0. The van der Waals surface area contributed by atoms with Gasteiger partial charge in [0.25, 0.3) is 0 Å². The molecule has 30 heavy (non-hydrogen) atoms. The Morgan fingerprint density at radius 1 is 0.933 bits per heavy atom. The summed E-state index contributed by atoms with van der Waals surface area (Å²) in [6.45, 7) is 0. The van der Waals surface area contributed by atoms with Crippen molar-refractivity contribution in [1.29, 1.82) is 0 Å². The highest BCUT2D eigenvalue weighted by atomic mass is 79.9. The Bertz CT molecular complexity index is 911. The molecule has 2 rings (SSSR count). The van der Waals surface area contributed by atoms with Crippen LogP contribution in [0.15, 0.2) is 46.9 Å². The predicted molar refractivity (Wildman–Crippen MR) is 99.1 cm³/mol. The molecule has 2 aromatic rings. The van der Waals surface area contributed by atoms with Crippen LogP contribution in [-0.2, 0) is 34.8 Å². The molecular weight excluding hydrogens is 482 g/mol. The molecule has 0 aromatic heterocycles. The number of rotatable bonds is 6. The van der Waals surface area contributed by atoms with Crippen molar-refractivity contribution in [2.75, 3.05) is 0 Å². The number of nitrogens with one attached hydrogen (secondary N) is 1. The van der Waals surface area contributed by atoms with Gasteiger partial charge in [0.15, 0.2) is 0 Å². The molecule has 0 heterocycles. The highest BCUT2D eigenvalue weighted by Gasteiger charge is 2.37. The lowest BCUT2D eigenvalue weighted by molar-refractivity contribution is -0.143. The topological polar surface area (TPSA) is 72.2 Å². The smallest absolute Gasteiger partial charge is 0.368 e. The van der Waals surface area contributed by atoms with Crippen molar-refractivity contribution in [2.24, 2.45) is 5.73 Å². The lowest BCUT2D eigenvalue weighted by Gasteiger charge is -2.17. The van der Waals surface area contributed by atoms with Crippen molar-refractivity contribution in [3.8, 4) is 0 Å². The fourth-order valence-corrected chi connectivity index (χ4v) is 3.12. The Hall–Kier alpha value is -2.56. The molecule has 3 N–H and O–H groups in total. The van der Waals surface area contributed by atoms with Crippen LogP contribution in [0.4, 0.5) is 26.3 Å². The minimum Gasteiger partial charge on any atom is -0.368 e. The SMILES string of the molecule is NC(=O)[C@@H](Cc1cccc(Br)c1)NC(=O)Cc1cc(C(F)(F)F)cc(C(F)(F)F)c1. The molecule has 2 amide bonds. The van der Waals surface area contributed by atoms with Crippen LogP contribution < -0.4 is 11.1 Å². The van der Waals surface area contributed by atoms with Crippen LogP contribution >= 0.6 is 15.9 Å². The highest BCUT2D eigenvalue weighted by molar-refractivity contribution is 9.10. The Kier molecular flexibility index (Phi) is 7.17. The largest absolute Gasteiger partial charge is 0.416 e. The summed E-state index contributed by atoms with van der Waals surface area (Å²) in [5.41, 5.74) is 2.34. The number of primary amides is 1. The maximum Gasteiger partial charge on any atom is 0.416 e. The maximum absolute atomic E-state index is 12.9. The van der Waals surface area contributed by atoms with Gasteiger partial charge in [0, 0.05) is 10.9 Å². The highest BCUT2D eigenvalue weighted by Crippen LogP contribution is 2.36. The van der Waals surface area contributed by atoms with Gasteiger partial charge in [-0.2, -0.15) is 26.3 Å². The summed E-state index contributed by atoms with van der Waals surface area (Å²) in [5.74, 6) is -1.84. The van der Waals surface area contributed by atoms with Gasteiger partial charge in [-0.3, -0.25) is 9.59 Å². The zero-order chi connectivity index (χ0) is 22.7. The molecule has 2 aromatic carbocycles. The summed E-state index contributed by atoms with van der Waals surface area (Å²) < 4.78 is 78.3. The van der Waals surface area contributed by atoms with Gasteiger partial charge in [-0.25, -0.2) is 0 Å². The molecule has 0 bridgehead atoms. The number of alkyl halides is 6. The Balaban J connectivity index is 2.21. The second-order valence-electron chi connectivity index (χ2n) is 6.45. The second-order valence-corrected chi connectivity index (χ2v) is 7.36. The van der Waals surface area contributed by atoms with Crippen LogP contribution in [0.5, 0.6) is 0 Å². The summed E-state index contributed by atoms with van der Waals surface area (Å²) in [6.07, 6.45) is -10.8. The monoisotopic (exact) mass is 496 g/mol. The number of amides is 2. The second kappa shape index (κ2) is 9.07. The summed E-state index contributed by atoms with van der Waals surface area (Å²) in [6, 6.07) is 6.44. The van der Waals surface area contributed by atoms with Gasteiger partial charge < -0.3 is 11.1 Å². The average molecular weight is 497 g/mol. The number of carbonyl (C=O) groups excluding carboxylic acids is 2. The van der Waals surface area contributed by atoms with E-state index in [2.05, 4.69) is 21.2 Å². The molecule has 4 nitrogen and oxygen atoms in total. The molecule has 0 aliphatic rings. The maximum atomic E-state index is 12.9. The third-order valence-corrected chi connectivity index (χ3v) is 4.51. The molecule has 0 fully saturated rings. The molecule has 0 aliphatic heterocycles.